The molecule has 0 amide bonds. The first-order valence-corrected chi connectivity index (χ1v) is 4.80. The molecule has 0 saturated heterocycles. The van der Waals surface area contributed by atoms with Crippen LogP contribution in [0.5, 0.6) is 0 Å². The lowest BCUT2D eigenvalue weighted by Crippen LogP contribution is -2.07. The van der Waals surface area contributed by atoms with Crippen LogP contribution in [0.25, 0.3) is 11.1 Å². The summed E-state index contributed by atoms with van der Waals surface area (Å²) in [5, 5.41) is 0.411. The van der Waals surface area contributed by atoms with Crippen molar-refractivity contribution >= 4 is 17.3 Å². The Morgan fingerprint density at radius 2 is 1.87 bits per heavy atom. The third-order valence-electron chi connectivity index (χ3n) is 2.14. The van der Waals surface area contributed by atoms with Gasteiger partial charge in [0, 0.05) is 17.3 Å². The maximum Gasteiger partial charge on any atom is 0.255 e. The molecule has 0 aliphatic heterocycles. The number of benzene rings is 1. The van der Waals surface area contributed by atoms with Gasteiger partial charge in [-0.25, -0.2) is 0 Å². The maximum atomic E-state index is 11.5. The molecule has 1 heterocycles. The van der Waals surface area contributed by atoms with Gasteiger partial charge in [-0.15, -0.1) is 0 Å². The molecule has 3 nitrogen and oxygen atoms in total. The second-order valence-corrected chi connectivity index (χ2v) is 3.50. The highest BCUT2D eigenvalue weighted by molar-refractivity contribution is 6.35. The number of rotatable bonds is 1. The van der Waals surface area contributed by atoms with Crippen LogP contribution in [-0.4, -0.2) is 4.98 Å². The molecule has 0 atom stereocenters. The lowest BCUT2D eigenvalue weighted by molar-refractivity contribution is 1.24. The fourth-order valence-corrected chi connectivity index (χ4v) is 1.62. The highest BCUT2D eigenvalue weighted by Gasteiger charge is 2.08. The van der Waals surface area contributed by atoms with Crippen molar-refractivity contribution in [2.24, 2.45) is 0 Å². The predicted octanol–water partition coefficient (Wildman–Crippen LogP) is 2.28. The molecular weight excluding hydrogens is 212 g/mol. The van der Waals surface area contributed by atoms with Gasteiger partial charge in [-0.05, 0) is 18.2 Å². The van der Waals surface area contributed by atoms with Gasteiger partial charge in [-0.3, -0.25) is 4.79 Å². The fraction of sp³-hybridized carbons (Fsp3) is 0. The third kappa shape index (κ3) is 1.74. The average Bonchev–Trinajstić information content (AvgIpc) is 2.23. The second kappa shape index (κ2) is 3.79. The lowest BCUT2D eigenvalue weighted by atomic mass is 10.1. The minimum absolute atomic E-state index is 0.176. The molecule has 3 N–H and O–H groups in total. The Bertz CT molecular complexity index is 548. The Kier molecular flexibility index (Phi) is 2.47. The average molecular weight is 221 g/mol. The number of aromatic amines is 1. The largest absolute Gasteiger partial charge is 0.398 e. The fourth-order valence-electron chi connectivity index (χ4n) is 1.39. The number of aromatic nitrogens is 1. The van der Waals surface area contributed by atoms with Gasteiger partial charge >= 0.3 is 0 Å². The minimum atomic E-state index is -0.176. The van der Waals surface area contributed by atoms with Crippen LogP contribution in [0.1, 0.15) is 0 Å². The van der Waals surface area contributed by atoms with Crippen molar-refractivity contribution in [1.29, 1.82) is 0 Å². The summed E-state index contributed by atoms with van der Waals surface area (Å²) in [6.07, 6.45) is 1.58. The van der Waals surface area contributed by atoms with Gasteiger partial charge in [0.25, 0.3) is 5.56 Å². The highest BCUT2D eigenvalue weighted by Crippen LogP contribution is 2.29. The van der Waals surface area contributed by atoms with E-state index in [1.807, 2.05) is 0 Å². The second-order valence-electron chi connectivity index (χ2n) is 3.12. The first kappa shape index (κ1) is 9.80. The van der Waals surface area contributed by atoms with Gasteiger partial charge in [0.2, 0.25) is 0 Å². The van der Waals surface area contributed by atoms with Crippen molar-refractivity contribution in [3.63, 3.8) is 0 Å². The summed E-state index contributed by atoms with van der Waals surface area (Å²) in [4.78, 5) is 14.1. The molecule has 0 bridgehead atoms. The summed E-state index contributed by atoms with van der Waals surface area (Å²) in [6, 6.07) is 8.69. The van der Waals surface area contributed by atoms with Crippen LogP contribution in [0.4, 0.5) is 5.69 Å². The van der Waals surface area contributed by atoms with Crippen molar-refractivity contribution in [3.8, 4) is 11.1 Å². The van der Waals surface area contributed by atoms with E-state index in [9.17, 15) is 4.79 Å². The van der Waals surface area contributed by atoms with E-state index in [2.05, 4.69) is 4.98 Å². The van der Waals surface area contributed by atoms with Gasteiger partial charge in [-0.1, -0.05) is 23.7 Å². The highest BCUT2D eigenvalue weighted by atomic mass is 35.5. The normalized spacial score (nSPS) is 10.2. The summed E-state index contributed by atoms with van der Waals surface area (Å²) in [6.45, 7) is 0. The van der Waals surface area contributed by atoms with E-state index in [-0.39, 0.29) is 5.56 Å². The van der Waals surface area contributed by atoms with E-state index in [0.29, 0.717) is 21.8 Å². The molecule has 1 aromatic carbocycles. The SMILES string of the molecule is Nc1cccc(-c2ccc[nH]c2=O)c1Cl. The van der Waals surface area contributed by atoms with E-state index in [1.165, 1.54) is 0 Å². The van der Waals surface area contributed by atoms with E-state index in [1.54, 1.807) is 36.5 Å². The number of nitrogens with two attached hydrogens (primary N) is 1. The number of hydrogen-bond acceptors (Lipinski definition) is 2. The number of pyridine rings is 1. The molecule has 0 fully saturated rings. The zero-order chi connectivity index (χ0) is 10.8. The summed E-state index contributed by atoms with van der Waals surface area (Å²) < 4.78 is 0. The van der Waals surface area contributed by atoms with Crippen LogP contribution in [0.2, 0.25) is 5.02 Å². The molecular formula is C11H9ClN2O. The molecule has 0 unspecified atom stereocenters. The van der Waals surface area contributed by atoms with Crippen LogP contribution >= 0.6 is 11.6 Å². The molecule has 0 radical (unpaired) electrons. The standard InChI is InChI=1S/C11H9ClN2O/c12-10-7(3-1-5-9(10)13)8-4-2-6-14-11(8)15/h1-6H,13H2,(H,14,15). The molecule has 4 heteroatoms. The molecule has 76 valence electrons. The Hall–Kier alpha value is -1.74. The quantitative estimate of drug-likeness (QED) is 0.725. The number of nitrogen functional groups attached to an aromatic ring is 1. The maximum absolute atomic E-state index is 11.5. The smallest absolute Gasteiger partial charge is 0.255 e. The molecule has 2 rings (SSSR count). The van der Waals surface area contributed by atoms with E-state index >= 15 is 0 Å². The summed E-state index contributed by atoms with van der Waals surface area (Å²) in [7, 11) is 0. The molecule has 0 aliphatic carbocycles. The zero-order valence-corrected chi connectivity index (χ0v) is 8.58. The van der Waals surface area contributed by atoms with Gasteiger partial charge in [0.15, 0.2) is 0 Å². The van der Waals surface area contributed by atoms with E-state index in [4.69, 9.17) is 17.3 Å². The summed E-state index contributed by atoms with van der Waals surface area (Å²) >= 11 is 6.02. The minimum Gasteiger partial charge on any atom is -0.398 e. The summed E-state index contributed by atoms with van der Waals surface area (Å²) in [5.74, 6) is 0. The number of nitrogens with one attached hydrogen (secondary N) is 1. The molecule has 2 aromatic rings. The first-order chi connectivity index (χ1) is 7.20. The van der Waals surface area contributed by atoms with Crippen LogP contribution in [0, 0.1) is 0 Å². The Labute approximate surface area is 91.5 Å². The lowest BCUT2D eigenvalue weighted by Gasteiger charge is -2.05. The van der Waals surface area contributed by atoms with Gasteiger partial charge < -0.3 is 10.7 Å². The third-order valence-corrected chi connectivity index (χ3v) is 2.56. The van der Waals surface area contributed by atoms with E-state index < -0.39 is 0 Å². The van der Waals surface area contributed by atoms with Crippen molar-refractivity contribution in [2.45, 2.75) is 0 Å². The Morgan fingerprint density at radius 1 is 1.13 bits per heavy atom. The van der Waals surface area contributed by atoms with Crippen molar-refractivity contribution < 1.29 is 0 Å². The Balaban J connectivity index is 2.70. The van der Waals surface area contributed by atoms with Crippen LogP contribution in [-0.2, 0) is 0 Å². The number of hydrogen-bond donors (Lipinski definition) is 2. The molecule has 0 aliphatic rings. The van der Waals surface area contributed by atoms with Gasteiger partial charge in [0.05, 0.1) is 10.7 Å². The molecule has 0 spiro atoms. The first-order valence-electron chi connectivity index (χ1n) is 4.42. The predicted molar refractivity (Wildman–Crippen MR) is 61.9 cm³/mol. The number of anilines is 1. The number of halogens is 1. The van der Waals surface area contributed by atoms with Crippen LogP contribution in [0.3, 0.4) is 0 Å². The van der Waals surface area contributed by atoms with Crippen molar-refractivity contribution in [1.82, 2.24) is 4.98 Å². The van der Waals surface area contributed by atoms with E-state index in [0.717, 1.165) is 0 Å². The monoisotopic (exact) mass is 220 g/mol. The van der Waals surface area contributed by atoms with Gasteiger partial charge in [0.1, 0.15) is 0 Å². The van der Waals surface area contributed by atoms with Crippen LogP contribution in [0.15, 0.2) is 41.3 Å². The Morgan fingerprint density at radius 3 is 2.60 bits per heavy atom. The van der Waals surface area contributed by atoms with Crippen molar-refractivity contribution in [3.05, 3.63) is 51.9 Å². The van der Waals surface area contributed by atoms with Crippen molar-refractivity contribution in [2.75, 3.05) is 5.73 Å². The van der Waals surface area contributed by atoms with Crippen LogP contribution < -0.4 is 11.3 Å². The zero-order valence-electron chi connectivity index (χ0n) is 7.83. The molecule has 15 heavy (non-hydrogen) atoms. The topological polar surface area (TPSA) is 58.9 Å². The molecule has 0 saturated carbocycles. The van der Waals surface area contributed by atoms with Gasteiger partial charge in [-0.2, -0.15) is 0 Å². The molecule has 1 aromatic heterocycles. The summed E-state index contributed by atoms with van der Waals surface area (Å²) in [5.41, 5.74) is 7.13. The number of H-pyrrole nitrogens is 1.